The van der Waals surface area contributed by atoms with Gasteiger partial charge in [-0.15, -0.1) is 0 Å². The predicted octanol–water partition coefficient (Wildman–Crippen LogP) is 3.21. The molecule has 134 valence electrons. The van der Waals surface area contributed by atoms with Crippen LogP contribution in [-0.4, -0.2) is 38.4 Å². The second-order valence-corrected chi connectivity index (χ2v) is 6.89. The number of amidine groups is 1. The molecular formula is C18H22N2O4S. The van der Waals surface area contributed by atoms with Gasteiger partial charge in [0.15, 0.2) is 16.7 Å². The number of thioether (sulfide) groups is 1. The monoisotopic (exact) mass is 362 g/mol. The molecule has 1 aromatic carbocycles. The van der Waals surface area contributed by atoms with Crippen LogP contribution >= 0.6 is 11.8 Å². The summed E-state index contributed by atoms with van der Waals surface area (Å²) < 4.78 is 16.1. The van der Waals surface area contributed by atoms with Crippen LogP contribution in [0.3, 0.4) is 0 Å². The van der Waals surface area contributed by atoms with Gasteiger partial charge in [0.2, 0.25) is 5.75 Å². The molecule has 1 saturated heterocycles. The molecule has 3 rings (SSSR count). The Hall–Kier alpha value is -2.15. The topological polar surface area (TPSA) is 69.2 Å². The molecule has 6 nitrogen and oxygen atoms in total. The molecule has 0 spiro atoms. The number of methoxy groups -OCH3 is 3. The lowest BCUT2D eigenvalue weighted by Crippen LogP contribution is -2.21. The summed E-state index contributed by atoms with van der Waals surface area (Å²) in [5.74, 6) is 1.47. The number of ether oxygens (including phenoxy) is 3. The van der Waals surface area contributed by atoms with E-state index in [1.807, 2.05) is 6.07 Å². The Morgan fingerprint density at radius 3 is 2.48 bits per heavy atom. The summed E-state index contributed by atoms with van der Waals surface area (Å²) in [4.78, 5) is 17.5. The van der Waals surface area contributed by atoms with Crippen molar-refractivity contribution in [1.82, 2.24) is 5.32 Å². The molecule has 1 aromatic rings. The summed E-state index contributed by atoms with van der Waals surface area (Å²) in [7, 11) is 4.69. The van der Waals surface area contributed by atoms with E-state index >= 15 is 0 Å². The van der Waals surface area contributed by atoms with Crippen molar-refractivity contribution >= 4 is 28.9 Å². The Balaban J connectivity index is 1.88. The highest BCUT2D eigenvalue weighted by atomic mass is 32.2. The zero-order valence-electron chi connectivity index (χ0n) is 14.6. The van der Waals surface area contributed by atoms with E-state index in [4.69, 9.17) is 14.2 Å². The van der Waals surface area contributed by atoms with E-state index in [-0.39, 0.29) is 5.91 Å². The number of hydrogen-bond acceptors (Lipinski definition) is 6. The SMILES string of the molecule is COc1ccc(/C=C2/SC(=NC3CCCC3)NC2=O)c(OC)c1OC. The molecule has 25 heavy (non-hydrogen) atoms. The van der Waals surface area contributed by atoms with Gasteiger partial charge in [0.1, 0.15) is 0 Å². The highest BCUT2D eigenvalue weighted by Crippen LogP contribution is 2.41. The Bertz CT molecular complexity index is 724. The molecule has 1 heterocycles. The number of nitrogens with one attached hydrogen (secondary N) is 1. The van der Waals surface area contributed by atoms with Gasteiger partial charge in [0.05, 0.1) is 32.3 Å². The summed E-state index contributed by atoms with van der Waals surface area (Å²) in [5.41, 5.74) is 0.750. The second-order valence-electron chi connectivity index (χ2n) is 5.86. The number of aliphatic imine (C=N–C) groups is 1. The summed E-state index contributed by atoms with van der Waals surface area (Å²) >= 11 is 1.37. The van der Waals surface area contributed by atoms with Gasteiger partial charge in [-0.25, -0.2) is 0 Å². The lowest BCUT2D eigenvalue weighted by molar-refractivity contribution is -0.115. The Morgan fingerprint density at radius 1 is 1.12 bits per heavy atom. The fraction of sp³-hybridized carbons (Fsp3) is 0.444. The normalized spacial score (nSPS) is 21.0. The van der Waals surface area contributed by atoms with Crippen LogP contribution in [0.25, 0.3) is 6.08 Å². The summed E-state index contributed by atoms with van der Waals surface area (Å²) in [6.45, 7) is 0. The van der Waals surface area contributed by atoms with E-state index in [0.717, 1.165) is 18.4 Å². The minimum Gasteiger partial charge on any atom is -0.493 e. The highest BCUT2D eigenvalue weighted by Gasteiger charge is 2.26. The molecule has 0 atom stereocenters. The van der Waals surface area contributed by atoms with Gasteiger partial charge in [-0.2, -0.15) is 0 Å². The number of amides is 1. The Morgan fingerprint density at radius 2 is 1.84 bits per heavy atom. The molecule has 1 aliphatic carbocycles. The van der Waals surface area contributed by atoms with Crippen LogP contribution in [0.5, 0.6) is 17.2 Å². The van der Waals surface area contributed by atoms with Crippen molar-refractivity contribution in [2.24, 2.45) is 4.99 Å². The van der Waals surface area contributed by atoms with Crippen molar-refractivity contribution in [2.75, 3.05) is 21.3 Å². The van der Waals surface area contributed by atoms with Crippen LogP contribution in [0.1, 0.15) is 31.2 Å². The first-order valence-corrected chi connectivity index (χ1v) is 9.05. The number of hydrogen-bond donors (Lipinski definition) is 1. The van der Waals surface area contributed by atoms with Crippen molar-refractivity contribution in [3.8, 4) is 17.2 Å². The van der Waals surface area contributed by atoms with Crippen molar-refractivity contribution in [3.05, 3.63) is 22.6 Å². The van der Waals surface area contributed by atoms with Gasteiger partial charge >= 0.3 is 0 Å². The van der Waals surface area contributed by atoms with Crippen LogP contribution in [0.2, 0.25) is 0 Å². The standard InChI is InChI=1S/C18H22N2O4S/c1-22-13-9-8-11(15(23-2)16(13)24-3)10-14-17(21)20-18(25-14)19-12-6-4-5-7-12/h8-10,12H,4-7H2,1-3H3,(H,19,20,21)/b14-10+. The fourth-order valence-electron chi connectivity index (χ4n) is 3.07. The molecule has 0 aromatic heterocycles. The van der Waals surface area contributed by atoms with Crippen LogP contribution in [-0.2, 0) is 4.79 Å². The van der Waals surface area contributed by atoms with Gasteiger partial charge < -0.3 is 19.5 Å². The number of nitrogens with zero attached hydrogens (tertiary/aromatic N) is 1. The van der Waals surface area contributed by atoms with Gasteiger partial charge in [0, 0.05) is 5.56 Å². The first-order chi connectivity index (χ1) is 12.2. The van der Waals surface area contributed by atoms with Crippen LogP contribution in [0.4, 0.5) is 0 Å². The number of rotatable bonds is 5. The third kappa shape index (κ3) is 3.76. The summed E-state index contributed by atoms with van der Waals surface area (Å²) in [5, 5.41) is 3.53. The molecule has 7 heteroatoms. The molecule has 1 N–H and O–H groups in total. The van der Waals surface area contributed by atoms with E-state index in [1.54, 1.807) is 33.5 Å². The zero-order chi connectivity index (χ0) is 17.8. The van der Waals surface area contributed by atoms with Crippen molar-refractivity contribution in [3.63, 3.8) is 0 Å². The first-order valence-electron chi connectivity index (χ1n) is 8.24. The molecule has 1 aliphatic heterocycles. The lowest BCUT2D eigenvalue weighted by Gasteiger charge is -2.14. The third-order valence-corrected chi connectivity index (χ3v) is 5.22. The first kappa shape index (κ1) is 17.7. The molecule has 1 amide bonds. The number of benzene rings is 1. The zero-order valence-corrected chi connectivity index (χ0v) is 15.4. The molecule has 0 bridgehead atoms. The van der Waals surface area contributed by atoms with Crippen LogP contribution < -0.4 is 19.5 Å². The van der Waals surface area contributed by atoms with E-state index in [0.29, 0.717) is 33.4 Å². The quantitative estimate of drug-likeness (QED) is 0.815. The van der Waals surface area contributed by atoms with E-state index in [1.165, 1.54) is 24.6 Å². The minimum atomic E-state index is -0.140. The molecule has 1 saturated carbocycles. The van der Waals surface area contributed by atoms with Crippen molar-refractivity contribution in [1.29, 1.82) is 0 Å². The smallest absolute Gasteiger partial charge is 0.264 e. The van der Waals surface area contributed by atoms with E-state index in [2.05, 4.69) is 10.3 Å². The van der Waals surface area contributed by atoms with Gasteiger partial charge in [-0.3, -0.25) is 9.79 Å². The maximum Gasteiger partial charge on any atom is 0.264 e. The third-order valence-electron chi connectivity index (χ3n) is 4.30. The van der Waals surface area contributed by atoms with Gasteiger partial charge in [-0.1, -0.05) is 12.8 Å². The second kappa shape index (κ2) is 7.82. The van der Waals surface area contributed by atoms with Gasteiger partial charge in [0.25, 0.3) is 5.91 Å². The Labute approximate surface area is 151 Å². The largest absolute Gasteiger partial charge is 0.493 e. The van der Waals surface area contributed by atoms with Crippen molar-refractivity contribution in [2.45, 2.75) is 31.7 Å². The maximum atomic E-state index is 12.3. The van der Waals surface area contributed by atoms with E-state index < -0.39 is 0 Å². The molecule has 2 fully saturated rings. The van der Waals surface area contributed by atoms with Gasteiger partial charge in [-0.05, 0) is 42.8 Å². The van der Waals surface area contributed by atoms with E-state index in [9.17, 15) is 4.79 Å². The van der Waals surface area contributed by atoms with Crippen LogP contribution in [0.15, 0.2) is 22.0 Å². The molecule has 0 unspecified atom stereocenters. The highest BCUT2D eigenvalue weighted by molar-refractivity contribution is 8.18. The van der Waals surface area contributed by atoms with Crippen LogP contribution in [0, 0.1) is 0 Å². The average molecular weight is 362 g/mol. The molecule has 2 aliphatic rings. The lowest BCUT2D eigenvalue weighted by atomic mass is 10.1. The maximum absolute atomic E-state index is 12.3. The van der Waals surface area contributed by atoms with Crippen molar-refractivity contribution < 1.29 is 19.0 Å². The molecular weight excluding hydrogens is 340 g/mol. The fourth-order valence-corrected chi connectivity index (χ4v) is 3.95. The Kier molecular flexibility index (Phi) is 5.53. The summed E-state index contributed by atoms with van der Waals surface area (Å²) in [6.07, 6.45) is 6.42. The molecule has 0 radical (unpaired) electrons. The minimum absolute atomic E-state index is 0.140. The number of carbonyl (C=O) groups is 1. The predicted molar refractivity (Wildman–Crippen MR) is 99.5 cm³/mol. The number of carbonyl (C=O) groups excluding carboxylic acids is 1. The summed E-state index contributed by atoms with van der Waals surface area (Å²) in [6, 6.07) is 3.96. The average Bonchev–Trinajstić information content (AvgIpc) is 3.24.